The Balaban J connectivity index is 1.01. The van der Waals surface area contributed by atoms with Crippen molar-refractivity contribution in [3.63, 3.8) is 0 Å². The van der Waals surface area contributed by atoms with Gasteiger partial charge in [-0.15, -0.1) is 10.2 Å². The molecule has 1 aliphatic heterocycles. The second-order valence-corrected chi connectivity index (χ2v) is 22.5. The molecule has 0 radical (unpaired) electrons. The van der Waals surface area contributed by atoms with Gasteiger partial charge in [0.15, 0.2) is 6.29 Å². The molecule has 5 atom stereocenters. The molecule has 81 heavy (non-hydrogen) atoms. The molecule has 0 unspecified atom stereocenters. The smallest absolute Gasteiger partial charge is 0.187 e. The van der Waals surface area contributed by atoms with Gasteiger partial charge in [0.2, 0.25) is 0 Å². The molecule has 12 heteroatoms. The van der Waals surface area contributed by atoms with Crippen LogP contribution in [0.2, 0.25) is 0 Å². The molecule has 0 saturated carbocycles. The number of aromatic nitrogens is 6. The summed E-state index contributed by atoms with van der Waals surface area (Å²) in [6, 6.07) is 30.6. The zero-order valence-corrected chi connectivity index (χ0v) is 50.1. The highest BCUT2D eigenvalue weighted by Gasteiger charge is 2.49. The molecule has 0 N–H and O–H groups in total. The summed E-state index contributed by atoms with van der Waals surface area (Å²) < 4.78 is 44.8. The Morgan fingerprint density at radius 2 is 0.765 bits per heavy atom. The van der Waals surface area contributed by atoms with Crippen molar-refractivity contribution in [1.29, 1.82) is 0 Å². The molecule has 5 aromatic rings. The van der Waals surface area contributed by atoms with Crippen LogP contribution in [-0.4, -0.2) is 67.3 Å². The SMILES string of the molecule is CCCCCCCC/C=C\CCCCCCCCn1cc(COC[C@H]2O[C@H](OCc3cn(CCCCCCCC/C=C\CCCCCCCC)nn3)[C@H](OCc3ccccc3)[C@@H](OCc3ccccc3)[C@@H]2OCc2ccccc2)nn1. The van der Waals surface area contributed by atoms with Gasteiger partial charge in [-0.1, -0.05) is 255 Å². The summed E-state index contributed by atoms with van der Waals surface area (Å²) in [5, 5.41) is 18.0. The summed E-state index contributed by atoms with van der Waals surface area (Å²) in [5.41, 5.74) is 4.60. The lowest BCUT2D eigenvalue weighted by atomic mass is 9.97. The molecule has 3 aromatic carbocycles. The highest BCUT2D eigenvalue weighted by Crippen LogP contribution is 2.32. The fraction of sp³-hybridized carbons (Fsp3) is 0.623. The van der Waals surface area contributed by atoms with Gasteiger partial charge in [0.25, 0.3) is 0 Å². The molecular weight excluding hydrogens is 1010 g/mol. The van der Waals surface area contributed by atoms with Crippen LogP contribution in [0.4, 0.5) is 0 Å². The Bertz CT molecular complexity index is 2310. The first kappa shape index (κ1) is 65.3. The summed E-state index contributed by atoms with van der Waals surface area (Å²) in [6.45, 7) is 7.88. The van der Waals surface area contributed by atoms with E-state index in [1.807, 2.05) is 76.4 Å². The van der Waals surface area contributed by atoms with Crippen LogP contribution in [0.5, 0.6) is 0 Å². The Kier molecular flexibility index (Phi) is 34.6. The van der Waals surface area contributed by atoms with Crippen molar-refractivity contribution in [3.05, 3.63) is 156 Å². The van der Waals surface area contributed by atoms with Crippen LogP contribution >= 0.6 is 0 Å². The Labute approximate surface area is 489 Å². The number of hydrogen-bond acceptors (Lipinski definition) is 10. The van der Waals surface area contributed by atoms with Crippen molar-refractivity contribution >= 4 is 0 Å². The first-order valence-corrected chi connectivity index (χ1v) is 32.1. The van der Waals surface area contributed by atoms with E-state index in [9.17, 15) is 0 Å². The highest BCUT2D eigenvalue weighted by molar-refractivity contribution is 5.16. The zero-order chi connectivity index (χ0) is 56.3. The van der Waals surface area contributed by atoms with Gasteiger partial charge in [-0.2, -0.15) is 0 Å². The molecule has 1 aliphatic rings. The fourth-order valence-electron chi connectivity index (χ4n) is 10.5. The van der Waals surface area contributed by atoms with Crippen LogP contribution in [0.3, 0.4) is 0 Å². The monoisotopic (exact) mass is 1110 g/mol. The molecule has 6 rings (SSSR count). The highest BCUT2D eigenvalue weighted by atomic mass is 16.7. The number of nitrogens with zero attached hydrogens (tertiary/aromatic N) is 6. The van der Waals surface area contributed by atoms with E-state index in [2.05, 4.69) is 95.2 Å². The summed E-state index contributed by atoms with van der Waals surface area (Å²) in [6.07, 6.45) is 46.2. The Hall–Kier alpha value is -4.82. The van der Waals surface area contributed by atoms with Crippen LogP contribution in [0.25, 0.3) is 0 Å². The topological polar surface area (TPSA) is 117 Å². The molecule has 0 aliphatic carbocycles. The predicted molar refractivity (Wildman–Crippen MR) is 327 cm³/mol. The fourth-order valence-corrected chi connectivity index (χ4v) is 10.5. The molecule has 12 nitrogen and oxygen atoms in total. The van der Waals surface area contributed by atoms with E-state index in [0.29, 0.717) is 19.8 Å². The lowest BCUT2D eigenvalue weighted by Gasteiger charge is -2.45. The van der Waals surface area contributed by atoms with E-state index >= 15 is 0 Å². The molecule has 1 fully saturated rings. The van der Waals surface area contributed by atoms with E-state index in [1.54, 1.807) is 0 Å². The van der Waals surface area contributed by atoms with E-state index in [4.69, 9.17) is 28.4 Å². The molecule has 2 aromatic heterocycles. The normalized spacial score (nSPS) is 17.5. The molecule has 0 amide bonds. The molecule has 446 valence electrons. The van der Waals surface area contributed by atoms with Crippen LogP contribution in [0.15, 0.2) is 128 Å². The lowest BCUT2D eigenvalue weighted by Crippen LogP contribution is -2.61. The minimum absolute atomic E-state index is 0.178. The minimum atomic E-state index is -0.849. The molecular formula is C69H104N6O6. The van der Waals surface area contributed by atoms with E-state index in [-0.39, 0.29) is 19.8 Å². The van der Waals surface area contributed by atoms with Gasteiger partial charge in [-0.3, -0.25) is 9.36 Å². The summed E-state index contributed by atoms with van der Waals surface area (Å²) in [4.78, 5) is 0. The van der Waals surface area contributed by atoms with E-state index in [0.717, 1.165) is 54.0 Å². The second-order valence-electron chi connectivity index (χ2n) is 22.5. The van der Waals surface area contributed by atoms with Gasteiger partial charge in [-0.25, -0.2) is 0 Å². The van der Waals surface area contributed by atoms with E-state index in [1.165, 1.54) is 167 Å². The third-order valence-corrected chi connectivity index (χ3v) is 15.3. The number of aryl methyl sites for hydroxylation is 2. The van der Waals surface area contributed by atoms with Gasteiger partial charge in [0.1, 0.15) is 35.8 Å². The maximum Gasteiger partial charge on any atom is 0.187 e. The van der Waals surface area contributed by atoms with Crippen LogP contribution in [-0.2, 0) is 74.5 Å². The lowest BCUT2D eigenvalue weighted by molar-refractivity contribution is -0.331. The van der Waals surface area contributed by atoms with Crippen LogP contribution in [0.1, 0.15) is 222 Å². The Morgan fingerprint density at radius 1 is 0.395 bits per heavy atom. The number of benzene rings is 3. The second kappa shape index (κ2) is 42.9. The number of hydrogen-bond donors (Lipinski definition) is 0. The summed E-state index contributed by atoms with van der Waals surface area (Å²) in [5.74, 6) is 0. The summed E-state index contributed by atoms with van der Waals surface area (Å²) in [7, 11) is 0. The van der Waals surface area contributed by atoms with Gasteiger partial charge in [-0.05, 0) is 80.9 Å². The largest absolute Gasteiger partial charge is 0.372 e. The van der Waals surface area contributed by atoms with Crippen LogP contribution in [0, 0.1) is 0 Å². The van der Waals surface area contributed by atoms with Crippen molar-refractivity contribution in [2.45, 2.75) is 270 Å². The number of unbranched alkanes of at least 4 members (excludes halogenated alkanes) is 24. The minimum Gasteiger partial charge on any atom is -0.372 e. The van der Waals surface area contributed by atoms with Crippen LogP contribution < -0.4 is 0 Å². The van der Waals surface area contributed by atoms with Crippen molar-refractivity contribution in [1.82, 2.24) is 30.0 Å². The number of rotatable bonds is 48. The maximum atomic E-state index is 6.97. The Morgan fingerprint density at radius 3 is 1.20 bits per heavy atom. The average molecular weight is 1110 g/mol. The maximum absolute atomic E-state index is 6.97. The van der Waals surface area contributed by atoms with Gasteiger partial charge in [0.05, 0.1) is 52.0 Å². The van der Waals surface area contributed by atoms with Gasteiger partial charge in [0, 0.05) is 13.1 Å². The van der Waals surface area contributed by atoms with Crippen molar-refractivity contribution in [2.24, 2.45) is 0 Å². The predicted octanol–water partition coefficient (Wildman–Crippen LogP) is 17.2. The number of allylic oxidation sites excluding steroid dienone is 4. The quantitative estimate of drug-likeness (QED) is 0.0275. The van der Waals surface area contributed by atoms with Crippen molar-refractivity contribution in [3.8, 4) is 0 Å². The zero-order valence-electron chi connectivity index (χ0n) is 50.1. The van der Waals surface area contributed by atoms with Crippen molar-refractivity contribution in [2.75, 3.05) is 6.61 Å². The first-order valence-electron chi connectivity index (χ1n) is 32.1. The van der Waals surface area contributed by atoms with E-state index < -0.39 is 30.7 Å². The molecule has 3 heterocycles. The first-order chi connectivity index (χ1) is 40.2. The molecule has 0 bridgehead atoms. The third kappa shape index (κ3) is 28.3. The standard InChI is InChI=1S/C69H104N6O6/c1-3-5-7-9-11-13-15-17-19-21-23-25-27-29-31-42-50-74-52-63(70-72-74)57-76-59-65-66(77-54-60-44-36-33-37-45-60)67(78-55-61-46-38-34-39-47-61)68(79-56-62-48-40-35-41-49-62)69(81-65)80-58-64-53-75(73-71-64)51-43-32-30-28-26-24-22-20-18-16-14-12-10-8-6-4-2/h17-20,33-41,44-49,52-53,65-69H,3-16,21-32,42-43,50-51,54-59H2,1-2H3/b19-17-,20-18-/t65-,66-,67+,68-,69+/m1/s1. The molecule has 0 spiro atoms. The molecule has 1 saturated heterocycles. The van der Waals surface area contributed by atoms with Gasteiger partial charge >= 0.3 is 0 Å². The summed E-state index contributed by atoms with van der Waals surface area (Å²) >= 11 is 0. The average Bonchev–Trinajstić information content (AvgIpc) is 4.21. The van der Waals surface area contributed by atoms with Gasteiger partial charge < -0.3 is 28.4 Å². The van der Waals surface area contributed by atoms with Crippen molar-refractivity contribution < 1.29 is 28.4 Å². The number of ether oxygens (including phenoxy) is 6. The third-order valence-electron chi connectivity index (χ3n) is 15.3.